The minimum atomic E-state index is -3.67. The molecule has 0 aliphatic carbocycles. The van der Waals surface area contributed by atoms with Crippen LogP contribution in [0.1, 0.15) is 24.2 Å². The lowest BCUT2D eigenvalue weighted by Crippen LogP contribution is -2.29. The number of methoxy groups -OCH3 is 2. The summed E-state index contributed by atoms with van der Waals surface area (Å²) in [4.78, 5) is 24.0. The Morgan fingerprint density at radius 3 is 2.30 bits per heavy atom. The zero-order valence-corrected chi connectivity index (χ0v) is 22.3. The first kappa shape index (κ1) is 29.4. The smallest absolute Gasteiger partial charge is 0.261 e. The van der Waals surface area contributed by atoms with Crippen molar-refractivity contribution in [2.45, 2.75) is 13.8 Å². The number of nitrogens with zero attached hydrogens (tertiary/aromatic N) is 3. The minimum absolute atomic E-state index is 0.161. The summed E-state index contributed by atoms with van der Waals surface area (Å²) in [6.45, 7) is 6.56. The van der Waals surface area contributed by atoms with E-state index in [-0.39, 0.29) is 28.7 Å². The van der Waals surface area contributed by atoms with Crippen LogP contribution in [0.25, 0.3) is 10.9 Å². The molecule has 2 aromatic carbocycles. The van der Waals surface area contributed by atoms with Crippen molar-refractivity contribution in [2.24, 2.45) is 0 Å². The number of carbonyl (C=O) groups is 1. The number of phenolic OH excluding ortho intramolecular Hbond substituents is 1. The van der Waals surface area contributed by atoms with Gasteiger partial charge in [-0.2, -0.15) is 13.4 Å². The van der Waals surface area contributed by atoms with Crippen molar-refractivity contribution in [3.8, 4) is 17.2 Å². The third-order valence-corrected chi connectivity index (χ3v) is 5.06. The fourth-order valence-electron chi connectivity index (χ4n) is 3.38. The molecule has 0 aliphatic heterocycles. The molecule has 0 spiro atoms. The summed E-state index contributed by atoms with van der Waals surface area (Å²) in [5.74, 6) is 1.36. The van der Waals surface area contributed by atoms with Gasteiger partial charge in [0.05, 0.1) is 26.0 Å². The highest BCUT2D eigenvalue weighted by atomic mass is 32.2. The zero-order chi connectivity index (χ0) is 27.6. The molecule has 0 atom stereocenters. The summed E-state index contributed by atoms with van der Waals surface area (Å²) in [6, 6.07) is 10.7. The summed E-state index contributed by atoms with van der Waals surface area (Å²) in [5.41, 5.74) is 1.13. The van der Waals surface area contributed by atoms with Crippen LogP contribution in [0.3, 0.4) is 0 Å². The second-order valence-corrected chi connectivity index (χ2v) is 9.17. The lowest BCUT2D eigenvalue weighted by Gasteiger charge is -2.20. The maximum Gasteiger partial charge on any atom is 0.261 e. The molecule has 3 aromatic rings. The molecule has 0 radical (unpaired) electrons. The normalized spacial score (nSPS) is 10.8. The van der Waals surface area contributed by atoms with E-state index in [1.54, 1.807) is 0 Å². The molecule has 202 valence electrons. The van der Waals surface area contributed by atoms with E-state index in [9.17, 15) is 18.3 Å². The summed E-state index contributed by atoms with van der Waals surface area (Å²) < 4.78 is 36.1. The van der Waals surface area contributed by atoms with E-state index in [1.165, 1.54) is 26.4 Å². The molecule has 0 unspecified atom stereocenters. The van der Waals surface area contributed by atoms with E-state index < -0.39 is 10.1 Å². The number of hydrogen-bond acceptors (Lipinski definition) is 10. The Hall–Kier alpha value is -3.84. The Balaban J connectivity index is 0.000000877. The van der Waals surface area contributed by atoms with E-state index in [4.69, 9.17) is 19.0 Å². The van der Waals surface area contributed by atoms with Gasteiger partial charge in [-0.25, -0.2) is 4.98 Å². The lowest BCUT2D eigenvalue weighted by molar-refractivity contribution is 0.0954. The average Bonchev–Trinajstić information content (AvgIpc) is 2.85. The minimum Gasteiger partial charge on any atom is -0.504 e. The summed E-state index contributed by atoms with van der Waals surface area (Å²) in [7, 11) is -0.799. The Morgan fingerprint density at radius 2 is 1.70 bits per heavy atom. The fraction of sp³-hybridized carbons (Fsp3) is 0.375. The van der Waals surface area contributed by atoms with Gasteiger partial charge in [0.2, 0.25) is 11.7 Å². The van der Waals surface area contributed by atoms with Crippen molar-refractivity contribution in [1.82, 2.24) is 15.3 Å². The zero-order valence-electron chi connectivity index (χ0n) is 21.5. The van der Waals surface area contributed by atoms with Gasteiger partial charge in [-0.3, -0.25) is 9.35 Å². The lowest BCUT2D eigenvalue weighted by atomic mass is 10.1. The molecule has 1 heterocycles. The van der Waals surface area contributed by atoms with Crippen molar-refractivity contribution in [3.05, 3.63) is 42.0 Å². The number of hydrogen-bond donors (Lipinski definition) is 4. The molecule has 37 heavy (non-hydrogen) atoms. The maximum absolute atomic E-state index is 12.5. The maximum atomic E-state index is 12.5. The molecule has 3 rings (SSSR count). The van der Waals surface area contributed by atoms with E-state index in [0.29, 0.717) is 25.3 Å². The van der Waals surface area contributed by atoms with Crippen LogP contribution < -0.4 is 25.0 Å². The Bertz CT molecular complexity index is 1310. The number of anilines is 2. The van der Waals surface area contributed by atoms with Gasteiger partial charge in [0, 0.05) is 37.1 Å². The molecule has 0 saturated carbocycles. The number of fused-ring (bicyclic) bond motifs is 1. The molecule has 13 heteroatoms. The SMILES string of the molecule is CCN(CC)c1nc(NCCNC(=O)c2cc(O)c(OC)c(OC)c2)c2ccccc2n1.CS(=O)(=O)O. The first-order valence-corrected chi connectivity index (χ1v) is 13.3. The monoisotopic (exact) mass is 535 g/mol. The molecule has 1 aromatic heterocycles. The van der Waals surface area contributed by atoms with Gasteiger partial charge in [-0.05, 0) is 38.1 Å². The second-order valence-electron chi connectivity index (χ2n) is 7.71. The van der Waals surface area contributed by atoms with E-state index in [1.807, 2.05) is 24.3 Å². The highest BCUT2D eigenvalue weighted by molar-refractivity contribution is 7.85. The third kappa shape index (κ3) is 8.65. The number of amides is 1. The standard InChI is InChI=1S/C23H29N5O4.CH4O3S/c1-5-28(6-2)23-26-17-10-8-7-9-16(17)21(27-23)24-11-12-25-22(30)15-13-18(29)20(32-4)19(14-15)31-3;1-5(2,3)4/h7-10,13-14,29H,5-6,11-12H2,1-4H3,(H,25,30)(H,24,26,27);1H3,(H,2,3,4). The molecule has 0 fully saturated rings. The highest BCUT2D eigenvalue weighted by Crippen LogP contribution is 2.37. The Morgan fingerprint density at radius 1 is 1.05 bits per heavy atom. The first-order valence-electron chi connectivity index (χ1n) is 11.4. The third-order valence-electron chi connectivity index (χ3n) is 5.06. The van der Waals surface area contributed by atoms with Crippen LogP contribution in [0, 0.1) is 0 Å². The first-order chi connectivity index (χ1) is 17.5. The largest absolute Gasteiger partial charge is 0.504 e. The van der Waals surface area contributed by atoms with Gasteiger partial charge in [0.25, 0.3) is 16.0 Å². The molecule has 0 bridgehead atoms. The number of carbonyl (C=O) groups excluding carboxylic acids is 1. The summed E-state index contributed by atoms with van der Waals surface area (Å²) >= 11 is 0. The predicted octanol–water partition coefficient (Wildman–Crippen LogP) is 2.54. The number of para-hydroxylation sites is 1. The van der Waals surface area contributed by atoms with Crippen LogP contribution >= 0.6 is 0 Å². The van der Waals surface area contributed by atoms with Crippen LogP contribution in [-0.4, -0.2) is 80.6 Å². The molecule has 12 nitrogen and oxygen atoms in total. The number of phenols is 1. The Kier molecular flexibility index (Phi) is 10.7. The number of aromatic nitrogens is 2. The van der Waals surface area contributed by atoms with Gasteiger partial charge in [-0.1, -0.05) is 12.1 Å². The fourth-order valence-corrected chi connectivity index (χ4v) is 3.38. The molecule has 1 amide bonds. The van der Waals surface area contributed by atoms with Crippen LogP contribution in [0.2, 0.25) is 0 Å². The molecule has 4 N–H and O–H groups in total. The Labute approximate surface area is 216 Å². The molecule has 0 aliphatic rings. The van der Waals surface area contributed by atoms with E-state index in [2.05, 4.69) is 34.4 Å². The quantitative estimate of drug-likeness (QED) is 0.223. The van der Waals surface area contributed by atoms with Crippen molar-refractivity contribution in [3.63, 3.8) is 0 Å². The second kappa shape index (κ2) is 13.5. The average molecular weight is 536 g/mol. The van der Waals surface area contributed by atoms with Gasteiger partial charge in [0.1, 0.15) is 5.82 Å². The van der Waals surface area contributed by atoms with Crippen molar-refractivity contribution < 1.29 is 32.3 Å². The predicted molar refractivity (Wildman–Crippen MR) is 143 cm³/mol. The number of nitrogens with one attached hydrogen (secondary N) is 2. The molecular weight excluding hydrogens is 502 g/mol. The number of rotatable bonds is 10. The highest BCUT2D eigenvalue weighted by Gasteiger charge is 2.16. The number of ether oxygens (including phenoxy) is 2. The van der Waals surface area contributed by atoms with Gasteiger partial charge < -0.3 is 30.1 Å². The summed E-state index contributed by atoms with van der Waals surface area (Å²) in [5, 5.41) is 17.1. The van der Waals surface area contributed by atoms with Crippen molar-refractivity contribution in [1.29, 1.82) is 0 Å². The van der Waals surface area contributed by atoms with Gasteiger partial charge in [0.15, 0.2) is 11.5 Å². The number of aromatic hydroxyl groups is 1. The topological polar surface area (TPSA) is 163 Å². The van der Waals surface area contributed by atoms with Crippen molar-refractivity contribution >= 4 is 38.7 Å². The van der Waals surface area contributed by atoms with E-state index in [0.717, 1.165) is 29.8 Å². The van der Waals surface area contributed by atoms with Crippen LogP contribution in [0.4, 0.5) is 11.8 Å². The van der Waals surface area contributed by atoms with Gasteiger partial charge >= 0.3 is 0 Å². The van der Waals surface area contributed by atoms with Crippen LogP contribution in [-0.2, 0) is 10.1 Å². The van der Waals surface area contributed by atoms with Gasteiger partial charge in [-0.15, -0.1) is 0 Å². The van der Waals surface area contributed by atoms with E-state index >= 15 is 0 Å². The number of benzene rings is 2. The van der Waals surface area contributed by atoms with Crippen LogP contribution in [0.15, 0.2) is 36.4 Å². The van der Waals surface area contributed by atoms with Crippen molar-refractivity contribution in [2.75, 3.05) is 56.9 Å². The molecule has 0 saturated heterocycles. The molecular formula is C24H33N5O7S. The summed E-state index contributed by atoms with van der Waals surface area (Å²) in [6.07, 6.45) is 0.715. The van der Waals surface area contributed by atoms with Crippen LogP contribution in [0.5, 0.6) is 17.2 Å².